The van der Waals surface area contributed by atoms with Crippen LogP contribution in [0, 0.1) is 23.7 Å². The van der Waals surface area contributed by atoms with Crippen molar-refractivity contribution in [3.8, 4) is 0 Å². The fourth-order valence-corrected chi connectivity index (χ4v) is 4.68. The molecule has 1 N–H and O–H groups in total. The topological polar surface area (TPSA) is 12.0 Å². The molecule has 0 radical (unpaired) electrons. The van der Waals surface area contributed by atoms with Gasteiger partial charge >= 0.3 is 0 Å². The Morgan fingerprint density at radius 2 is 1.81 bits per heavy atom. The van der Waals surface area contributed by atoms with Crippen LogP contribution in [0.1, 0.15) is 58.8 Å². The Morgan fingerprint density at radius 3 is 2.38 bits per heavy atom. The number of unbranched alkanes of at least 4 members (excludes halogenated alkanes) is 1. The van der Waals surface area contributed by atoms with E-state index in [-0.39, 0.29) is 0 Å². The third-order valence-electron chi connectivity index (χ3n) is 5.56. The van der Waals surface area contributed by atoms with Gasteiger partial charge < -0.3 is 5.32 Å². The van der Waals surface area contributed by atoms with Gasteiger partial charge in [0.15, 0.2) is 0 Å². The number of fused-ring (bicyclic) bond motifs is 5. The molecule has 0 amide bonds. The monoisotopic (exact) mass is 221 g/mol. The second-order valence-electron chi connectivity index (χ2n) is 6.43. The summed E-state index contributed by atoms with van der Waals surface area (Å²) in [5.41, 5.74) is 0. The summed E-state index contributed by atoms with van der Waals surface area (Å²) in [6.45, 7) is 4.65. The van der Waals surface area contributed by atoms with Gasteiger partial charge in [0, 0.05) is 12.1 Å². The third-order valence-corrected chi connectivity index (χ3v) is 5.56. The molecule has 0 aliphatic heterocycles. The lowest BCUT2D eigenvalue weighted by molar-refractivity contribution is 0.389. The number of hydrogen-bond donors (Lipinski definition) is 1. The van der Waals surface area contributed by atoms with E-state index in [1.54, 1.807) is 19.3 Å². The van der Waals surface area contributed by atoms with Crippen molar-refractivity contribution in [2.24, 2.45) is 23.7 Å². The number of hydrogen-bond acceptors (Lipinski definition) is 1. The van der Waals surface area contributed by atoms with Crippen molar-refractivity contribution < 1.29 is 0 Å². The Kier molecular flexibility index (Phi) is 2.99. The minimum atomic E-state index is 0.815. The standard InChI is InChI=1S/C15H27N/c1-3-5-6-12(4-2)16-15-13-10-7-8-11(9-10)14(13)15/h10-16H,3-9H2,1-2H3. The summed E-state index contributed by atoms with van der Waals surface area (Å²) in [6.07, 6.45) is 10.2. The van der Waals surface area contributed by atoms with E-state index in [2.05, 4.69) is 19.2 Å². The summed E-state index contributed by atoms with van der Waals surface area (Å²) in [6, 6.07) is 1.75. The molecule has 5 atom stereocenters. The van der Waals surface area contributed by atoms with Crippen LogP contribution in [0.2, 0.25) is 0 Å². The average molecular weight is 221 g/mol. The van der Waals surface area contributed by atoms with Gasteiger partial charge in [-0.2, -0.15) is 0 Å². The zero-order valence-corrected chi connectivity index (χ0v) is 10.9. The Labute approximate surface area is 100 Å². The molecular weight excluding hydrogens is 194 g/mol. The zero-order chi connectivity index (χ0) is 11.1. The van der Waals surface area contributed by atoms with Gasteiger partial charge in [0.05, 0.1) is 0 Å². The molecule has 0 spiro atoms. The molecule has 3 saturated carbocycles. The van der Waals surface area contributed by atoms with E-state index in [4.69, 9.17) is 0 Å². The van der Waals surface area contributed by atoms with Crippen molar-refractivity contribution >= 4 is 0 Å². The van der Waals surface area contributed by atoms with Crippen molar-refractivity contribution in [1.82, 2.24) is 5.32 Å². The SMILES string of the molecule is CCCCC(CC)NC1C2C3CCC(C3)C12. The van der Waals surface area contributed by atoms with E-state index >= 15 is 0 Å². The van der Waals surface area contributed by atoms with Gasteiger partial charge in [-0.25, -0.2) is 0 Å². The van der Waals surface area contributed by atoms with Crippen molar-refractivity contribution in [2.75, 3.05) is 0 Å². The molecule has 2 bridgehead atoms. The molecule has 3 rings (SSSR count). The van der Waals surface area contributed by atoms with E-state index < -0.39 is 0 Å². The summed E-state index contributed by atoms with van der Waals surface area (Å²) in [4.78, 5) is 0. The molecule has 5 unspecified atom stereocenters. The van der Waals surface area contributed by atoms with Crippen LogP contribution >= 0.6 is 0 Å². The van der Waals surface area contributed by atoms with Gasteiger partial charge in [0.2, 0.25) is 0 Å². The predicted molar refractivity (Wildman–Crippen MR) is 68.3 cm³/mol. The Balaban J connectivity index is 1.49. The van der Waals surface area contributed by atoms with Crippen molar-refractivity contribution in [1.29, 1.82) is 0 Å². The highest BCUT2D eigenvalue weighted by Gasteiger charge is 2.64. The van der Waals surface area contributed by atoms with Gasteiger partial charge in [0.25, 0.3) is 0 Å². The number of nitrogens with one attached hydrogen (secondary N) is 1. The molecule has 1 heteroatoms. The number of rotatable bonds is 6. The van der Waals surface area contributed by atoms with E-state index in [1.165, 1.54) is 25.7 Å². The van der Waals surface area contributed by atoms with Crippen LogP contribution in [-0.4, -0.2) is 12.1 Å². The highest BCUT2D eigenvalue weighted by molar-refractivity contribution is 5.17. The maximum atomic E-state index is 3.98. The lowest BCUT2D eigenvalue weighted by Crippen LogP contribution is -2.33. The van der Waals surface area contributed by atoms with Crippen LogP contribution in [-0.2, 0) is 0 Å². The molecule has 0 aromatic carbocycles. The van der Waals surface area contributed by atoms with Crippen molar-refractivity contribution in [3.63, 3.8) is 0 Å². The van der Waals surface area contributed by atoms with Crippen LogP contribution in [0.5, 0.6) is 0 Å². The fourth-order valence-electron chi connectivity index (χ4n) is 4.68. The van der Waals surface area contributed by atoms with E-state index in [0.29, 0.717) is 0 Å². The molecule has 92 valence electrons. The van der Waals surface area contributed by atoms with E-state index in [1.807, 2.05) is 0 Å². The third kappa shape index (κ3) is 1.72. The predicted octanol–water partition coefficient (Wildman–Crippen LogP) is 3.59. The summed E-state index contributed by atoms with van der Waals surface area (Å²) >= 11 is 0. The van der Waals surface area contributed by atoms with Gasteiger partial charge in [-0.3, -0.25) is 0 Å². The van der Waals surface area contributed by atoms with Crippen LogP contribution < -0.4 is 5.32 Å². The molecule has 0 aromatic heterocycles. The second kappa shape index (κ2) is 4.33. The highest BCUT2D eigenvalue weighted by Crippen LogP contribution is 2.65. The van der Waals surface area contributed by atoms with Crippen LogP contribution in [0.4, 0.5) is 0 Å². The van der Waals surface area contributed by atoms with Gasteiger partial charge in [-0.1, -0.05) is 26.7 Å². The zero-order valence-electron chi connectivity index (χ0n) is 10.9. The summed E-state index contributed by atoms with van der Waals surface area (Å²) in [5, 5.41) is 3.98. The molecule has 0 aromatic rings. The maximum absolute atomic E-state index is 3.98. The minimum Gasteiger partial charge on any atom is -0.311 e. The first-order valence-corrected chi connectivity index (χ1v) is 7.61. The van der Waals surface area contributed by atoms with Gasteiger partial charge in [-0.15, -0.1) is 0 Å². The van der Waals surface area contributed by atoms with Crippen molar-refractivity contribution in [3.05, 3.63) is 0 Å². The van der Waals surface area contributed by atoms with Gasteiger partial charge in [-0.05, 0) is 55.8 Å². The van der Waals surface area contributed by atoms with E-state index in [9.17, 15) is 0 Å². The fraction of sp³-hybridized carbons (Fsp3) is 1.00. The lowest BCUT2D eigenvalue weighted by atomic mass is 10.0. The smallest absolute Gasteiger partial charge is 0.0138 e. The minimum absolute atomic E-state index is 0.815. The van der Waals surface area contributed by atoms with Crippen LogP contribution in [0.15, 0.2) is 0 Å². The quantitative estimate of drug-likeness (QED) is 0.723. The maximum Gasteiger partial charge on any atom is 0.0138 e. The molecule has 3 fully saturated rings. The van der Waals surface area contributed by atoms with Crippen LogP contribution in [0.3, 0.4) is 0 Å². The Hall–Kier alpha value is -0.0400. The molecule has 1 nitrogen and oxygen atoms in total. The normalized spacial score (nSPS) is 45.8. The molecular formula is C15H27N. The Morgan fingerprint density at radius 1 is 1.12 bits per heavy atom. The first kappa shape index (κ1) is 11.1. The second-order valence-corrected chi connectivity index (χ2v) is 6.43. The molecule has 0 heterocycles. The summed E-state index contributed by atoms with van der Waals surface area (Å²) in [7, 11) is 0. The average Bonchev–Trinajstić information content (AvgIpc) is 2.72. The lowest BCUT2D eigenvalue weighted by Gasteiger charge is -2.19. The molecule has 0 saturated heterocycles. The van der Waals surface area contributed by atoms with E-state index in [0.717, 1.165) is 35.8 Å². The largest absolute Gasteiger partial charge is 0.311 e. The highest BCUT2D eigenvalue weighted by atomic mass is 15.0. The first-order chi connectivity index (χ1) is 7.85. The first-order valence-electron chi connectivity index (χ1n) is 7.61. The van der Waals surface area contributed by atoms with Gasteiger partial charge in [0.1, 0.15) is 0 Å². The molecule has 3 aliphatic carbocycles. The summed E-state index contributed by atoms with van der Waals surface area (Å²) < 4.78 is 0. The molecule has 3 aliphatic rings. The molecule has 16 heavy (non-hydrogen) atoms. The van der Waals surface area contributed by atoms with Crippen LogP contribution in [0.25, 0.3) is 0 Å². The summed E-state index contributed by atoms with van der Waals surface area (Å²) in [5.74, 6) is 4.45. The van der Waals surface area contributed by atoms with Crippen molar-refractivity contribution in [2.45, 2.75) is 70.9 Å². The Bertz CT molecular complexity index is 234.